The zero-order valence-corrected chi connectivity index (χ0v) is 19.4. The fourth-order valence-electron chi connectivity index (χ4n) is 3.64. The zero-order chi connectivity index (χ0) is 24.9. The van der Waals surface area contributed by atoms with E-state index in [1.54, 1.807) is 30.3 Å². The summed E-state index contributed by atoms with van der Waals surface area (Å²) in [5.41, 5.74) is 3.93. The third kappa shape index (κ3) is 5.11. The first-order valence-corrected chi connectivity index (χ1v) is 10.8. The highest BCUT2D eigenvalue weighted by Gasteiger charge is 2.25. The lowest BCUT2D eigenvalue weighted by molar-refractivity contribution is -0.118. The number of carbonyl (C=O) groups excluding carboxylic acids is 2. The van der Waals surface area contributed by atoms with Gasteiger partial charge in [0.05, 0.1) is 12.8 Å². The van der Waals surface area contributed by atoms with Gasteiger partial charge in [-0.05, 0) is 77.4 Å². The van der Waals surface area contributed by atoms with Crippen molar-refractivity contribution in [2.24, 2.45) is 0 Å². The van der Waals surface area contributed by atoms with E-state index in [4.69, 9.17) is 4.74 Å². The highest BCUT2D eigenvalue weighted by Crippen LogP contribution is 2.30. The topological polar surface area (TPSA) is 131 Å². The predicted molar refractivity (Wildman–Crippen MR) is 129 cm³/mol. The first-order chi connectivity index (χ1) is 16.9. The number of phenols is 1. The molecule has 1 heterocycles. The molecule has 0 aliphatic carbocycles. The molecule has 0 saturated heterocycles. The van der Waals surface area contributed by atoms with Crippen LogP contribution < -0.4 is 15.4 Å². The fraction of sp³-hybridized carbons (Fsp3) is 0.160. The van der Waals surface area contributed by atoms with E-state index in [0.717, 1.165) is 11.1 Å². The van der Waals surface area contributed by atoms with Crippen LogP contribution in [0.3, 0.4) is 0 Å². The summed E-state index contributed by atoms with van der Waals surface area (Å²) in [4.78, 5) is 26.5. The third-order valence-electron chi connectivity index (χ3n) is 5.55. The molecule has 0 saturated carbocycles. The first-order valence-electron chi connectivity index (χ1n) is 10.8. The van der Waals surface area contributed by atoms with Crippen LogP contribution in [0.5, 0.6) is 11.5 Å². The second kappa shape index (κ2) is 10.0. The second-order valence-corrected chi connectivity index (χ2v) is 7.90. The Balaban J connectivity index is 1.63. The number of phenolic OH excluding ortho intramolecular Hbond substituents is 1. The predicted octanol–water partition coefficient (Wildman–Crippen LogP) is 3.10. The minimum atomic E-state index is -1.06. The maximum Gasteiger partial charge on any atom is 0.252 e. The van der Waals surface area contributed by atoms with Gasteiger partial charge in [-0.3, -0.25) is 9.59 Å². The summed E-state index contributed by atoms with van der Waals surface area (Å²) in [5.74, 6) is -0.780. The number of nitrogens with zero attached hydrogens (tertiary/aromatic N) is 4. The average Bonchev–Trinajstić information content (AvgIpc) is 3.40. The Morgan fingerprint density at radius 3 is 2.37 bits per heavy atom. The Hall–Kier alpha value is -4.73. The number of para-hydroxylation sites is 1. The molecule has 4 rings (SSSR count). The molecule has 0 aliphatic heterocycles. The summed E-state index contributed by atoms with van der Waals surface area (Å²) < 4.78 is 6.66. The van der Waals surface area contributed by atoms with Gasteiger partial charge in [0.1, 0.15) is 12.4 Å². The van der Waals surface area contributed by atoms with Gasteiger partial charge < -0.3 is 20.5 Å². The summed E-state index contributed by atoms with van der Waals surface area (Å²) in [5, 5.41) is 26.7. The molecule has 3 N–H and O–H groups in total. The number of nitrogens with one attached hydrogen (secondary N) is 2. The SMILES string of the molecule is COc1cc(C(NC(=O)c2ccc(-n3cnnn3)cc2)C(=O)Nc2c(C)cccc2C)ccc1O. The third-order valence-corrected chi connectivity index (χ3v) is 5.55. The molecule has 0 aliphatic rings. The minimum absolute atomic E-state index is 0.0744. The zero-order valence-electron chi connectivity index (χ0n) is 19.4. The maximum atomic E-state index is 13.4. The second-order valence-electron chi connectivity index (χ2n) is 7.90. The molecule has 178 valence electrons. The fourth-order valence-corrected chi connectivity index (χ4v) is 3.64. The van der Waals surface area contributed by atoms with Crippen LogP contribution in [0.25, 0.3) is 5.69 Å². The van der Waals surface area contributed by atoms with E-state index in [2.05, 4.69) is 26.2 Å². The number of tetrazole rings is 1. The number of ether oxygens (including phenoxy) is 1. The Morgan fingerprint density at radius 1 is 1.03 bits per heavy atom. The number of aromatic hydroxyl groups is 1. The largest absolute Gasteiger partial charge is 0.504 e. The van der Waals surface area contributed by atoms with Crippen molar-refractivity contribution in [1.82, 2.24) is 25.5 Å². The standard InChI is InChI=1S/C25H24N6O4/c1-15-5-4-6-16(2)22(15)27-25(34)23(18-9-12-20(32)21(13-18)35-3)28-24(33)17-7-10-19(11-8-17)31-14-26-29-30-31/h4-14,23,32H,1-3H3,(H,27,34)(H,28,33). The Morgan fingerprint density at radius 2 is 1.74 bits per heavy atom. The normalized spacial score (nSPS) is 11.5. The summed E-state index contributed by atoms with van der Waals surface area (Å²) in [6, 6.07) is 15.8. The highest BCUT2D eigenvalue weighted by molar-refractivity contribution is 6.02. The number of methoxy groups -OCH3 is 1. The molecule has 35 heavy (non-hydrogen) atoms. The van der Waals surface area contributed by atoms with Gasteiger partial charge in [0, 0.05) is 11.3 Å². The van der Waals surface area contributed by atoms with Crippen LogP contribution in [-0.2, 0) is 4.79 Å². The smallest absolute Gasteiger partial charge is 0.252 e. The molecule has 1 unspecified atom stereocenters. The number of carbonyl (C=O) groups is 2. The first kappa shape index (κ1) is 23.4. The molecular formula is C25H24N6O4. The number of aryl methyl sites for hydroxylation is 2. The van der Waals surface area contributed by atoms with Gasteiger partial charge in [-0.25, -0.2) is 4.68 Å². The van der Waals surface area contributed by atoms with Gasteiger partial charge in [0.2, 0.25) is 0 Å². The average molecular weight is 473 g/mol. The van der Waals surface area contributed by atoms with Gasteiger partial charge in [-0.1, -0.05) is 24.3 Å². The molecule has 0 spiro atoms. The van der Waals surface area contributed by atoms with E-state index >= 15 is 0 Å². The van der Waals surface area contributed by atoms with Crippen molar-refractivity contribution >= 4 is 17.5 Å². The lowest BCUT2D eigenvalue weighted by Gasteiger charge is -2.21. The number of anilines is 1. The van der Waals surface area contributed by atoms with Gasteiger partial charge in [0.25, 0.3) is 11.8 Å². The molecular weight excluding hydrogens is 448 g/mol. The summed E-state index contributed by atoms with van der Waals surface area (Å²) >= 11 is 0. The van der Waals surface area contributed by atoms with E-state index in [9.17, 15) is 14.7 Å². The number of hydrogen-bond donors (Lipinski definition) is 3. The molecule has 0 fully saturated rings. The lowest BCUT2D eigenvalue weighted by Crippen LogP contribution is -2.37. The van der Waals surface area contributed by atoms with Crippen LogP contribution in [0.4, 0.5) is 5.69 Å². The molecule has 10 heteroatoms. The van der Waals surface area contributed by atoms with Crippen LogP contribution in [-0.4, -0.2) is 44.2 Å². The number of amides is 2. The highest BCUT2D eigenvalue weighted by atomic mass is 16.5. The number of aromatic nitrogens is 4. The lowest BCUT2D eigenvalue weighted by atomic mass is 10.0. The van der Waals surface area contributed by atoms with E-state index in [-0.39, 0.29) is 11.5 Å². The van der Waals surface area contributed by atoms with E-state index in [1.807, 2.05) is 32.0 Å². The number of rotatable bonds is 7. The molecule has 0 radical (unpaired) electrons. The summed E-state index contributed by atoms with van der Waals surface area (Å²) in [6.07, 6.45) is 1.45. The van der Waals surface area contributed by atoms with Crippen molar-refractivity contribution in [2.75, 3.05) is 12.4 Å². The van der Waals surface area contributed by atoms with Crippen molar-refractivity contribution < 1.29 is 19.4 Å². The van der Waals surface area contributed by atoms with Crippen LogP contribution >= 0.6 is 0 Å². The molecule has 4 aromatic rings. The minimum Gasteiger partial charge on any atom is -0.504 e. The van der Waals surface area contributed by atoms with Crippen LogP contribution in [0.15, 0.2) is 67.0 Å². The van der Waals surface area contributed by atoms with Crippen molar-refractivity contribution in [3.63, 3.8) is 0 Å². The van der Waals surface area contributed by atoms with Crippen LogP contribution in [0.1, 0.15) is 33.1 Å². The molecule has 2 amide bonds. The maximum absolute atomic E-state index is 13.4. The van der Waals surface area contributed by atoms with Gasteiger partial charge in [-0.15, -0.1) is 5.10 Å². The number of hydrogen-bond acceptors (Lipinski definition) is 7. The monoisotopic (exact) mass is 472 g/mol. The Labute approximate surface area is 201 Å². The Bertz CT molecular complexity index is 1330. The van der Waals surface area contributed by atoms with Gasteiger partial charge in [0.15, 0.2) is 11.5 Å². The van der Waals surface area contributed by atoms with Crippen molar-refractivity contribution in [2.45, 2.75) is 19.9 Å². The molecule has 10 nitrogen and oxygen atoms in total. The molecule has 0 bridgehead atoms. The van der Waals surface area contributed by atoms with E-state index < -0.39 is 17.9 Å². The van der Waals surface area contributed by atoms with Gasteiger partial charge >= 0.3 is 0 Å². The van der Waals surface area contributed by atoms with Gasteiger partial charge in [-0.2, -0.15) is 0 Å². The quantitative estimate of drug-likeness (QED) is 0.377. The summed E-state index contributed by atoms with van der Waals surface area (Å²) in [7, 11) is 1.41. The molecule has 1 atom stereocenters. The number of benzene rings is 3. The molecule has 1 aromatic heterocycles. The Kier molecular flexibility index (Phi) is 6.72. The van der Waals surface area contributed by atoms with E-state index in [0.29, 0.717) is 22.5 Å². The van der Waals surface area contributed by atoms with Crippen molar-refractivity contribution in [1.29, 1.82) is 0 Å². The summed E-state index contributed by atoms with van der Waals surface area (Å²) in [6.45, 7) is 3.79. The molecule has 3 aromatic carbocycles. The van der Waals surface area contributed by atoms with Crippen LogP contribution in [0.2, 0.25) is 0 Å². The van der Waals surface area contributed by atoms with E-state index in [1.165, 1.54) is 30.3 Å². The van der Waals surface area contributed by atoms with Crippen LogP contribution in [0, 0.1) is 13.8 Å². The van der Waals surface area contributed by atoms with Crippen molar-refractivity contribution in [3.8, 4) is 17.2 Å². The van der Waals surface area contributed by atoms with Crippen molar-refractivity contribution in [3.05, 3.63) is 89.2 Å².